The number of methoxy groups -OCH3 is 1. The van der Waals surface area contributed by atoms with Crippen molar-refractivity contribution in [2.75, 3.05) is 7.11 Å². The third kappa shape index (κ3) is 3.32. The molecule has 4 heterocycles. The molecule has 4 aromatic rings. The van der Waals surface area contributed by atoms with Crippen LogP contribution in [0.5, 0.6) is 11.5 Å². The Morgan fingerprint density at radius 2 is 1.88 bits per heavy atom. The normalized spacial score (nSPS) is 10.8. The van der Waals surface area contributed by atoms with Gasteiger partial charge in [-0.15, -0.1) is 0 Å². The molecule has 0 atom stereocenters. The van der Waals surface area contributed by atoms with Gasteiger partial charge in [-0.05, 0) is 36.8 Å². The predicted molar refractivity (Wildman–Crippen MR) is 94.9 cm³/mol. The summed E-state index contributed by atoms with van der Waals surface area (Å²) in [5.74, 6) is 1.73. The number of aryl methyl sites for hydroxylation is 1. The summed E-state index contributed by atoms with van der Waals surface area (Å²) < 4.78 is 16.5. The molecule has 0 radical (unpaired) electrons. The third-order valence-electron chi connectivity index (χ3n) is 3.78. The van der Waals surface area contributed by atoms with E-state index in [1.807, 2.05) is 31.2 Å². The smallest absolute Gasteiger partial charge is 0.248 e. The highest BCUT2D eigenvalue weighted by atomic mass is 16.5. The summed E-state index contributed by atoms with van der Waals surface area (Å²) in [6, 6.07) is 9.31. The van der Waals surface area contributed by atoms with Gasteiger partial charge in [-0.3, -0.25) is 9.97 Å². The van der Waals surface area contributed by atoms with E-state index in [1.165, 1.54) is 0 Å². The summed E-state index contributed by atoms with van der Waals surface area (Å²) in [6.07, 6.45) is 4.98. The number of fused-ring (bicyclic) bond motifs is 1. The summed E-state index contributed by atoms with van der Waals surface area (Å²) in [7, 11) is 1.60. The Labute approximate surface area is 149 Å². The van der Waals surface area contributed by atoms with E-state index >= 15 is 0 Å². The molecule has 0 fully saturated rings. The highest BCUT2D eigenvalue weighted by Gasteiger charge is 2.11. The molecule has 0 aliphatic heterocycles. The summed E-state index contributed by atoms with van der Waals surface area (Å²) in [5, 5.41) is 0. The van der Waals surface area contributed by atoms with Crippen LogP contribution in [0, 0.1) is 6.92 Å². The first-order valence-electron chi connectivity index (χ1n) is 8.02. The van der Waals surface area contributed by atoms with Gasteiger partial charge in [0.15, 0.2) is 0 Å². The SMILES string of the molecule is COc1ccc(COc2cnc3oc(-c4cc(C)ccn4)nc3c2)nc1. The molecule has 0 bridgehead atoms. The zero-order valence-corrected chi connectivity index (χ0v) is 14.3. The van der Waals surface area contributed by atoms with E-state index in [0.717, 1.165) is 11.3 Å². The van der Waals surface area contributed by atoms with Crippen LogP contribution in [0.3, 0.4) is 0 Å². The molecule has 0 saturated heterocycles. The summed E-state index contributed by atoms with van der Waals surface area (Å²) in [6.45, 7) is 2.31. The van der Waals surface area contributed by atoms with Crippen LogP contribution >= 0.6 is 0 Å². The molecular formula is C19H16N4O3. The van der Waals surface area contributed by atoms with E-state index in [0.29, 0.717) is 40.9 Å². The van der Waals surface area contributed by atoms with E-state index in [-0.39, 0.29) is 0 Å². The lowest BCUT2D eigenvalue weighted by Crippen LogP contribution is -1.98. The molecule has 0 aromatic carbocycles. The van der Waals surface area contributed by atoms with Gasteiger partial charge in [0.1, 0.15) is 29.3 Å². The van der Waals surface area contributed by atoms with Gasteiger partial charge in [-0.1, -0.05) is 0 Å². The van der Waals surface area contributed by atoms with E-state index in [2.05, 4.69) is 19.9 Å². The van der Waals surface area contributed by atoms with E-state index in [1.54, 1.807) is 31.8 Å². The van der Waals surface area contributed by atoms with Crippen LogP contribution in [0.1, 0.15) is 11.3 Å². The van der Waals surface area contributed by atoms with Crippen molar-refractivity contribution in [2.24, 2.45) is 0 Å². The fraction of sp³-hybridized carbons (Fsp3) is 0.158. The number of aromatic nitrogens is 4. The maximum absolute atomic E-state index is 5.74. The maximum Gasteiger partial charge on any atom is 0.248 e. The molecule has 7 heteroatoms. The number of hydrogen-bond acceptors (Lipinski definition) is 7. The number of rotatable bonds is 5. The molecule has 0 aliphatic rings. The van der Waals surface area contributed by atoms with E-state index in [9.17, 15) is 0 Å². The zero-order chi connectivity index (χ0) is 17.9. The Morgan fingerprint density at radius 3 is 2.65 bits per heavy atom. The molecule has 4 rings (SSSR count). The Hall–Kier alpha value is -3.48. The Balaban J connectivity index is 1.53. The monoisotopic (exact) mass is 348 g/mol. The first-order valence-corrected chi connectivity index (χ1v) is 8.02. The molecule has 0 aliphatic carbocycles. The summed E-state index contributed by atoms with van der Waals surface area (Å²) in [4.78, 5) is 17.3. The van der Waals surface area contributed by atoms with Crippen molar-refractivity contribution in [1.82, 2.24) is 19.9 Å². The lowest BCUT2D eigenvalue weighted by Gasteiger charge is -2.05. The van der Waals surface area contributed by atoms with Crippen LogP contribution in [0.25, 0.3) is 22.8 Å². The second-order valence-electron chi connectivity index (χ2n) is 5.71. The standard InChI is InChI=1S/C19H16N4O3/c1-12-5-6-20-16(7-12)19-23-17-8-15(10-22-18(17)26-19)25-11-13-3-4-14(24-2)9-21-13/h3-10H,11H2,1-2H3. The zero-order valence-electron chi connectivity index (χ0n) is 14.3. The topological polar surface area (TPSA) is 83.2 Å². The first-order chi connectivity index (χ1) is 12.7. The van der Waals surface area contributed by atoms with Crippen molar-refractivity contribution in [1.29, 1.82) is 0 Å². The highest BCUT2D eigenvalue weighted by Crippen LogP contribution is 2.25. The van der Waals surface area contributed by atoms with Crippen LogP contribution in [0.4, 0.5) is 0 Å². The maximum atomic E-state index is 5.74. The summed E-state index contributed by atoms with van der Waals surface area (Å²) in [5.41, 5.74) is 3.60. The lowest BCUT2D eigenvalue weighted by atomic mass is 10.2. The van der Waals surface area contributed by atoms with Crippen LogP contribution < -0.4 is 9.47 Å². The van der Waals surface area contributed by atoms with Gasteiger partial charge in [0, 0.05) is 12.3 Å². The lowest BCUT2D eigenvalue weighted by molar-refractivity contribution is 0.300. The molecule has 26 heavy (non-hydrogen) atoms. The van der Waals surface area contributed by atoms with Crippen molar-refractivity contribution in [3.8, 4) is 23.1 Å². The molecule has 7 nitrogen and oxygen atoms in total. The van der Waals surface area contributed by atoms with Crippen molar-refractivity contribution in [3.63, 3.8) is 0 Å². The molecular weight excluding hydrogens is 332 g/mol. The van der Waals surface area contributed by atoms with E-state index < -0.39 is 0 Å². The first kappa shape index (κ1) is 16.0. The number of pyridine rings is 3. The Morgan fingerprint density at radius 1 is 1.00 bits per heavy atom. The Kier molecular flexibility index (Phi) is 4.18. The molecule has 0 spiro atoms. The quantitative estimate of drug-likeness (QED) is 0.545. The van der Waals surface area contributed by atoms with Gasteiger partial charge in [0.05, 0.1) is 25.2 Å². The van der Waals surface area contributed by atoms with Crippen molar-refractivity contribution < 1.29 is 13.9 Å². The van der Waals surface area contributed by atoms with Crippen molar-refractivity contribution >= 4 is 11.2 Å². The minimum Gasteiger partial charge on any atom is -0.495 e. The predicted octanol–water partition coefficient (Wildman–Crippen LogP) is 3.58. The summed E-state index contributed by atoms with van der Waals surface area (Å²) >= 11 is 0. The van der Waals surface area contributed by atoms with Crippen LogP contribution in [-0.2, 0) is 6.61 Å². The van der Waals surface area contributed by atoms with Crippen LogP contribution in [0.15, 0.2) is 53.3 Å². The van der Waals surface area contributed by atoms with Gasteiger partial charge in [0.25, 0.3) is 0 Å². The Bertz CT molecular complexity index is 1040. The van der Waals surface area contributed by atoms with Gasteiger partial charge in [-0.2, -0.15) is 0 Å². The minimum atomic E-state index is 0.321. The highest BCUT2D eigenvalue weighted by molar-refractivity contribution is 5.73. The largest absolute Gasteiger partial charge is 0.495 e. The third-order valence-corrected chi connectivity index (χ3v) is 3.78. The second kappa shape index (κ2) is 6.79. The second-order valence-corrected chi connectivity index (χ2v) is 5.71. The number of ether oxygens (including phenoxy) is 2. The van der Waals surface area contributed by atoms with Gasteiger partial charge < -0.3 is 13.9 Å². The minimum absolute atomic E-state index is 0.321. The van der Waals surface area contributed by atoms with Crippen molar-refractivity contribution in [2.45, 2.75) is 13.5 Å². The molecule has 0 saturated carbocycles. The van der Waals surface area contributed by atoms with Gasteiger partial charge in [0.2, 0.25) is 11.6 Å². The average molecular weight is 348 g/mol. The fourth-order valence-corrected chi connectivity index (χ4v) is 2.42. The van der Waals surface area contributed by atoms with Gasteiger partial charge in [-0.25, -0.2) is 9.97 Å². The molecule has 0 amide bonds. The van der Waals surface area contributed by atoms with E-state index in [4.69, 9.17) is 13.9 Å². The molecule has 130 valence electrons. The van der Waals surface area contributed by atoms with Crippen LogP contribution in [-0.4, -0.2) is 27.0 Å². The molecule has 0 unspecified atom stereocenters. The average Bonchev–Trinajstić information content (AvgIpc) is 3.10. The fourth-order valence-electron chi connectivity index (χ4n) is 2.42. The number of hydrogen-bond donors (Lipinski definition) is 0. The molecule has 0 N–H and O–H groups in total. The van der Waals surface area contributed by atoms with Gasteiger partial charge >= 0.3 is 0 Å². The van der Waals surface area contributed by atoms with Crippen LogP contribution in [0.2, 0.25) is 0 Å². The number of nitrogens with zero attached hydrogens (tertiary/aromatic N) is 4. The number of oxazole rings is 1. The van der Waals surface area contributed by atoms with Crippen molar-refractivity contribution in [3.05, 3.63) is 60.2 Å². The molecule has 4 aromatic heterocycles.